The van der Waals surface area contributed by atoms with Crippen molar-refractivity contribution in [2.75, 3.05) is 7.11 Å². The maximum Gasteiger partial charge on any atom is 0.313 e. The smallest absolute Gasteiger partial charge is 0.313 e. The number of H-pyrrole nitrogens is 1. The monoisotopic (exact) mass is 287 g/mol. The number of nitrogens with one attached hydrogen (secondary N) is 1. The van der Waals surface area contributed by atoms with Gasteiger partial charge in [0.2, 0.25) is 0 Å². The number of methoxy groups -OCH3 is 1. The normalized spacial score (nSPS) is 12.5. The van der Waals surface area contributed by atoms with Crippen LogP contribution in [0, 0.1) is 0 Å². The molecule has 3 heteroatoms. The topological polar surface area (TPSA) is 42.1 Å². The van der Waals surface area contributed by atoms with Crippen LogP contribution in [0.3, 0.4) is 0 Å². The van der Waals surface area contributed by atoms with Crippen LogP contribution in [0.5, 0.6) is 0 Å². The van der Waals surface area contributed by atoms with Gasteiger partial charge >= 0.3 is 5.97 Å². The number of hydrogen-bond acceptors (Lipinski definition) is 2. The molecule has 1 aromatic heterocycles. The number of fused-ring (bicyclic) bond motifs is 1. The van der Waals surface area contributed by atoms with Crippen LogP contribution in [-0.2, 0) is 9.53 Å². The number of benzene rings is 1. The third-order valence-electron chi connectivity index (χ3n) is 4.08. The van der Waals surface area contributed by atoms with Crippen molar-refractivity contribution in [3.05, 3.63) is 36.0 Å². The van der Waals surface area contributed by atoms with Crippen LogP contribution in [0.4, 0.5) is 0 Å². The van der Waals surface area contributed by atoms with Crippen LogP contribution in [0.1, 0.15) is 56.9 Å². The minimum absolute atomic E-state index is 0.129. The van der Waals surface area contributed by atoms with Crippen LogP contribution in [0.15, 0.2) is 30.5 Å². The number of carbonyl (C=O) groups is 1. The summed E-state index contributed by atoms with van der Waals surface area (Å²) in [6.07, 6.45) is 8.83. The van der Waals surface area contributed by atoms with Crippen molar-refractivity contribution < 1.29 is 9.53 Å². The summed E-state index contributed by atoms with van der Waals surface area (Å²) in [5.74, 6) is -0.289. The van der Waals surface area contributed by atoms with Gasteiger partial charge in [0.25, 0.3) is 0 Å². The highest BCUT2D eigenvalue weighted by molar-refractivity contribution is 5.89. The number of aromatic nitrogens is 1. The quantitative estimate of drug-likeness (QED) is 0.560. The molecule has 1 N–H and O–H groups in total. The summed E-state index contributed by atoms with van der Waals surface area (Å²) in [4.78, 5) is 15.4. The Bertz CT molecular complexity index is 573. The zero-order valence-corrected chi connectivity index (χ0v) is 13.0. The van der Waals surface area contributed by atoms with E-state index in [-0.39, 0.29) is 11.9 Å². The van der Waals surface area contributed by atoms with E-state index >= 15 is 0 Å². The molecule has 0 spiro atoms. The zero-order chi connectivity index (χ0) is 15.1. The zero-order valence-electron chi connectivity index (χ0n) is 13.0. The van der Waals surface area contributed by atoms with Crippen molar-refractivity contribution in [2.45, 2.75) is 51.4 Å². The van der Waals surface area contributed by atoms with Crippen LogP contribution in [-0.4, -0.2) is 18.1 Å². The molecule has 1 unspecified atom stereocenters. The molecule has 1 aromatic carbocycles. The third-order valence-corrected chi connectivity index (χ3v) is 4.08. The molecule has 2 rings (SSSR count). The summed E-state index contributed by atoms with van der Waals surface area (Å²) in [7, 11) is 1.47. The number of esters is 1. The maximum absolute atomic E-state index is 12.1. The Hall–Kier alpha value is -1.77. The number of ether oxygens (including phenoxy) is 1. The molecule has 0 bridgehead atoms. The van der Waals surface area contributed by atoms with Gasteiger partial charge in [-0.3, -0.25) is 4.79 Å². The Morgan fingerprint density at radius 1 is 1.19 bits per heavy atom. The van der Waals surface area contributed by atoms with E-state index in [1.807, 2.05) is 24.4 Å². The lowest BCUT2D eigenvalue weighted by atomic mass is 9.92. The van der Waals surface area contributed by atoms with Gasteiger partial charge in [-0.05, 0) is 18.1 Å². The van der Waals surface area contributed by atoms with Crippen molar-refractivity contribution in [1.29, 1.82) is 0 Å². The fraction of sp³-hybridized carbons (Fsp3) is 0.500. The molecule has 1 heterocycles. The molecule has 0 saturated carbocycles. The lowest BCUT2D eigenvalue weighted by molar-refractivity contribution is -0.142. The Morgan fingerprint density at radius 2 is 1.95 bits per heavy atom. The first kappa shape index (κ1) is 15.6. The summed E-state index contributed by atoms with van der Waals surface area (Å²) in [5.41, 5.74) is 2.14. The number of aromatic amines is 1. The van der Waals surface area contributed by atoms with Gasteiger partial charge in [0.1, 0.15) is 0 Å². The molecule has 0 amide bonds. The van der Waals surface area contributed by atoms with E-state index in [1.165, 1.54) is 32.8 Å². The first-order valence-corrected chi connectivity index (χ1v) is 7.91. The predicted molar refractivity (Wildman–Crippen MR) is 86.4 cm³/mol. The summed E-state index contributed by atoms with van der Waals surface area (Å²) in [5, 5.41) is 1.13. The van der Waals surface area contributed by atoms with E-state index in [4.69, 9.17) is 4.74 Å². The molecule has 21 heavy (non-hydrogen) atoms. The lowest BCUT2D eigenvalue weighted by Crippen LogP contribution is -2.14. The molecule has 114 valence electrons. The largest absolute Gasteiger partial charge is 0.469 e. The van der Waals surface area contributed by atoms with Gasteiger partial charge in [-0.2, -0.15) is 0 Å². The first-order chi connectivity index (χ1) is 10.3. The molecule has 3 nitrogen and oxygen atoms in total. The fourth-order valence-corrected chi connectivity index (χ4v) is 2.88. The average molecular weight is 287 g/mol. The Kier molecular flexibility index (Phi) is 5.85. The second-order valence-electron chi connectivity index (χ2n) is 5.57. The van der Waals surface area contributed by atoms with E-state index in [0.29, 0.717) is 0 Å². The second kappa shape index (κ2) is 7.87. The minimum Gasteiger partial charge on any atom is -0.469 e. The molecule has 0 radical (unpaired) electrons. The Morgan fingerprint density at radius 3 is 2.71 bits per heavy atom. The summed E-state index contributed by atoms with van der Waals surface area (Å²) >= 11 is 0. The maximum atomic E-state index is 12.1. The average Bonchev–Trinajstić information content (AvgIpc) is 2.94. The molecule has 0 aliphatic rings. The van der Waals surface area contributed by atoms with Crippen LogP contribution in [0.2, 0.25) is 0 Å². The van der Waals surface area contributed by atoms with Crippen molar-refractivity contribution in [3.8, 4) is 0 Å². The van der Waals surface area contributed by atoms with Gasteiger partial charge in [0, 0.05) is 17.1 Å². The first-order valence-electron chi connectivity index (χ1n) is 7.91. The van der Waals surface area contributed by atoms with Gasteiger partial charge in [-0.15, -0.1) is 0 Å². The van der Waals surface area contributed by atoms with Crippen LogP contribution < -0.4 is 0 Å². The van der Waals surface area contributed by atoms with Gasteiger partial charge in [-0.25, -0.2) is 0 Å². The van der Waals surface area contributed by atoms with Crippen molar-refractivity contribution >= 4 is 16.9 Å². The fourth-order valence-electron chi connectivity index (χ4n) is 2.88. The number of para-hydroxylation sites is 1. The number of hydrogen-bond donors (Lipinski definition) is 1. The minimum atomic E-state index is -0.159. The van der Waals surface area contributed by atoms with Crippen molar-refractivity contribution in [1.82, 2.24) is 4.98 Å². The standard InChI is InChI=1S/C18H25NO2/c1-3-4-5-6-7-11-15(18(20)21-2)16-13-19-17-12-9-8-10-14(16)17/h8-10,12-13,15,19H,3-7,11H2,1-2H3. The number of carbonyl (C=O) groups excluding carboxylic acids is 1. The molecular formula is C18H25NO2. The van der Waals surface area contributed by atoms with Gasteiger partial charge in [0.05, 0.1) is 13.0 Å². The van der Waals surface area contributed by atoms with E-state index in [1.54, 1.807) is 0 Å². The molecule has 0 aliphatic carbocycles. The SMILES string of the molecule is CCCCCCCC(C(=O)OC)c1c[nH]c2ccccc12. The van der Waals surface area contributed by atoms with Gasteiger partial charge in [0.15, 0.2) is 0 Å². The highest BCUT2D eigenvalue weighted by atomic mass is 16.5. The summed E-state index contributed by atoms with van der Waals surface area (Å²) < 4.78 is 5.01. The molecular weight excluding hydrogens is 262 g/mol. The molecule has 0 saturated heterocycles. The van der Waals surface area contributed by atoms with Crippen molar-refractivity contribution in [2.24, 2.45) is 0 Å². The van der Waals surface area contributed by atoms with Crippen LogP contribution >= 0.6 is 0 Å². The highest BCUT2D eigenvalue weighted by Gasteiger charge is 2.23. The van der Waals surface area contributed by atoms with E-state index in [0.717, 1.165) is 29.3 Å². The van der Waals surface area contributed by atoms with E-state index < -0.39 is 0 Å². The van der Waals surface area contributed by atoms with E-state index in [2.05, 4.69) is 18.0 Å². The molecule has 1 atom stereocenters. The summed E-state index contributed by atoms with van der Waals surface area (Å²) in [6, 6.07) is 8.11. The molecule has 2 aromatic rings. The number of rotatable bonds is 8. The predicted octanol–water partition coefficient (Wildman–Crippen LogP) is 4.79. The molecule has 0 aliphatic heterocycles. The Balaban J connectivity index is 2.10. The second-order valence-corrected chi connectivity index (χ2v) is 5.57. The Labute approximate surface area is 126 Å². The van der Waals surface area contributed by atoms with Gasteiger partial charge in [-0.1, -0.05) is 57.2 Å². The van der Waals surface area contributed by atoms with Crippen molar-refractivity contribution in [3.63, 3.8) is 0 Å². The number of unbranched alkanes of at least 4 members (excludes halogenated alkanes) is 4. The summed E-state index contributed by atoms with van der Waals surface area (Å²) in [6.45, 7) is 2.21. The lowest BCUT2D eigenvalue weighted by Gasteiger charge is -2.14. The van der Waals surface area contributed by atoms with Gasteiger partial charge < -0.3 is 9.72 Å². The van der Waals surface area contributed by atoms with E-state index in [9.17, 15) is 4.79 Å². The molecule has 0 fully saturated rings. The third kappa shape index (κ3) is 3.87. The van der Waals surface area contributed by atoms with Crippen LogP contribution in [0.25, 0.3) is 10.9 Å². The highest BCUT2D eigenvalue weighted by Crippen LogP contribution is 2.30.